The van der Waals surface area contributed by atoms with Gasteiger partial charge in [0, 0.05) is 38.9 Å². The summed E-state index contributed by atoms with van der Waals surface area (Å²) >= 11 is 0. The average molecular weight is 1280 g/mol. The maximum absolute atomic E-state index is 11.5. The van der Waals surface area contributed by atoms with E-state index >= 15 is 0 Å². The summed E-state index contributed by atoms with van der Waals surface area (Å²) in [5.74, 6) is -2.58. The molecule has 10 aromatic carbocycles. The van der Waals surface area contributed by atoms with Crippen LogP contribution < -0.4 is 0 Å². The highest BCUT2D eigenvalue weighted by molar-refractivity contribution is 6.20. The minimum atomic E-state index is -1.36. The first-order valence-corrected chi connectivity index (χ1v) is 30.3. The van der Waals surface area contributed by atoms with E-state index in [2.05, 4.69) is 72.8 Å². The van der Waals surface area contributed by atoms with Crippen molar-refractivity contribution in [2.24, 2.45) is 0 Å². The zero-order chi connectivity index (χ0) is 69.9. The fourth-order valence-corrected chi connectivity index (χ4v) is 14.5. The predicted octanol–water partition coefficient (Wildman–Crippen LogP) is 16.2. The molecule has 2 unspecified atom stereocenters. The van der Waals surface area contributed by atoms with Crippen LogP contribution in [-0.4, -0.2) is 9.13 Å². The number of nitrogens with zero attached hydrogens (tertiary/aromatic N) is 16. The smallest absolute Gasteiger partial charge is 0.213 e. The minimum Gasteiger partial charge on any atom is -0.454 e. The number of hydrogen-bond acceptors (Lipinski definition) is 16. The zero-order valence-electron chi connectivity index (χ0n) is 52.1. The Kier molecular flexibility index (Phi) is 14.7. The molecule has 14 rings (SSSR count). The molecule has 0 amide bonds. The van der Waals surface area contributed by atoms with E-state index in [-0.39, 0.29) is 134 Å². The molecule has 18 nitrogen and oxygen atoms in total. The Hall–Kier alpha value is -16.3. The molecule has 0 fully saturated rings. The number of fused-ring (bicyclic) bond motifs is 10. The first-order valence-electron chi connectivity index (χ1n) is 30.3. The van der Waals surface area contributed by atoms with Crippen LogP contribution in [0, 0.1) is 172 Å². The molecule has 0 spiro atoms. The Morgan fingerprint density at radius 1 is 0.330 bits per heavy atom. The molecule has 0 saturated heterocycles. The summed E-state index contributed by atoms with van der Waals surface area (Å²) in [6, 6.07) is 73.4. The molecule has 0 bridgehead atoms. The van der Waals surface area contributed by atoms with Gasteiger partial charge in [-0.2, -0.15) is 73.7 Å². The number of aromatic nitrogens is 2. The van der Waals surface area contributed by atoms with Gasteiger partial charge in [-0.05, 0) is 167 Å². The number of nitriles is 14. The Labute approximate surface area is 567 Å². The third kappa shape index (κ3) is 9.12. The van der Waals surface area contributed by atoms with Crippen LogP contribution >= 0.6 is 0 Å². The van der Waals surface area contributed by atoms with E-state index in [1.165, 1.54) is 60.7 Å². The van der Waals surface area contributed by atoms with Crippen molar-refractivity contribution < 1.29 is 8.83 Å². The highest BCUT2D eigenvalue weighted by atomic mass is 16.3. The second kappa shape index (κ2) is 24.0. The van der Waals surface area contributed by atoms with E-state index < -0.39 is 11.8 Å². The largest absolute Gasteiger partial charge is 0.454 e. The van der Waals surface area contributed by atoms with E-state index in [0.717, 1.165) is 16.2 Å². The van der Waals surface area contributed by atoms with Crippen molar-refractivity contribution in [3.8, 4) is 107 Å². The van der Waals surface area contributed by atoms with Crippen LogP contribution in [0.15, 0.2) is 167 Å². The molecule has 2 atom stereocenters. The van der Waals surface area contributed by atoms with Crippen molar-refractivity contribution >= 4 is 65.9 Å². The molecule has 0 aliphatic heterocycles. The quantitative estimate of drug-likeness (QED) is 0.121. The second-order valence-electron chi connectivity index (χ2n) is 23.4. The van der Waals surface area contributed by atoms with Gasteiger partial charge in [-0.1, -0.05) is 54.6 Å². The molecule has 0 aliphatic carbocycles. The normalized spacial score (nSPS) is 11.3. The Morgan fingerprint density at radius 2 is 0.740 bits per heavy atom. The maximum Gasteiger partial charge on any atom is 0.213 e. The SMILES string of the molecule is Cc1cc(C#N)cc(C#N)c1C(c1cc(C#N)c(-n2c3ccc(-c4c(C#N)cc(C#N)c(C(c5cc(C#N)c(-n6c7ccccc7c7c8ccccc8oc76)c(C#N)c5)c5c(C#N)cc(C#N)cc5C#N)c4C)cc3c3oc4ccccc4c32)c(C#N)c1)c1c(C#N)cc(C#N)cc1C#N. The van der Waals surface area contributed by atoms with E-state index in [4.69, 9.17) is 8.83 Å². The molecule has 454 valence electrons. The van der Waals surface area contributed by atoms with Gasteiger partial charge in [0.1, 0.15) is 41.0 Å². The number of benzene rings is 10. The summed E-state index contributed by atoms with van der Waals surface area (Å²) in [5.41, 5.74) is 4.96. The fraction of sp³-hybridized carbons (Fsp3) is 0.0488. The topological polar surface area (TPSA) is 369 Å². The number of para-hydroxylation sites is 3. The monoisotopic (exact) mass is 1270 g/mol. The van der Waals surface area contributed by atoms with Gasteiger partial charge in [0.25, 0.3) is 0 Å². The van der Waals surface area contributed by atoms with Gasteiger partial charge >= 0.3 is 0 Å². The van der Waals surface area contributed by atoms with Crippen molar-refractivity contribution in [2.75, 3.05) is 0 Å². The molecule has 0 radical (unpaired) electrons. The summed E-state index contributed by atoms with van der Waals surface area (Å²) < 4.78 is 16.7. The minimum absolute atomic E-state index is 0.00648. The van der Waals surface area contributed by atoms with Gasteiger partial charge in [0.05, 0.1) is 166 Å². The average Bonchev–Trinajstić information content (AvgIpc) is 1.50. The summed E-state index contributed by atoms with van der Waals surface area (Å²) in [4.78, 5) is 0. The number of aryl methyl sites for hydroxylation is 1. The molecule has 4 heterocycles. The number of hydrogen-bond donors (Lipinski definition) is 0. The molecule has 18 heteroatoms. The molecule has 14 aromatic rings. The first-order chi connectivity index (χ1) is 48.8. The van der Waals surface area contributed by atoms with E-state index in [1.54, 1.807) is 71.5 Å². The van der Waals surface area contributed by atoms with Gasteiger partial charge in [-0.15, -0.1) is 0 Å². The molecule has 0 N–H and O–H groups in total. The highest BCUT2D eigenvalue weighted by Crippen LogP contribution is 2.49. The summed E-state index contributed by atoms with van der Waals surface area (Å²) in [7, 11) is 0. The lowest BCUT2D eigenvalue weighted by Gasteiger charge is -2.27. The van der Waals surface area contributed by atoms with E-state index in [0.29, 0.717) is 60.9 Å². The van der Waals surface area contributed by atoms with Crippen LogP contribution in [0.3, 0.4) is 0 Å². The zero-order valence-corrected chi connectivity index (χ0v) is 52.1. The van der Waals surface area contributed by atoms with Crippen molar-refractivity contribution in [3.63, 3.8) is 0 Å². The molecule has 100 heavy (non-hydrogen) atoms. The molecular formula is C82H34N16O2. The van der Waals surface area contributed by atoms with Crippen LogP contribution in [0.25, 0.3) is 88.4 Å². The highest BCUT2D eigenvalue weighted by Gasteiger charge is 2.36. The van der Waals surface area contributed by atoms with E-state index in [9.17, 15) is 73.7 Å². The third-order valence-electron chi connectivity index (χ3n) is 18.4. The third-order valence-corrected chi connectivity index (χ3v) is 18.4. The molecule has 4 aromatic heterocycles. The first kappa shape index (κ1) is 61.3. The lowest BCUT2D eigenvalue weighted by atomic mass is 9.74. The Morgan fingerprint density at radius 3 is 1.24 bits per heavy atom. The number of furan rings is 2. The van der Waals surface area contributed by atoms with Crippen LogP contribution in [0.5, 0.6) is 0 Å². The summed E-state index contributed by atoms with van der Waals surface area (Å²) in [5, 5.41) is 156. The van der Waals surface area contributed by atoms with Crippen molar-refractivity contribution in [3.05, 3.63) is 280 Å². The van der Waals surface area contributed by atoms with Crippen LogP contribution in [0.2, 0.25) is 0 Å². The van der Waals surface area contributed by atoms with Crippen LogP contribution in [0.4, 0.5) is 0 Å². The fourth-order valence-electron chi connectivity index (χ4n) is 14.5. The second-order valence-corrected chi connectivity index (χ2v) is 23.4. The van der Waals surface area contributed by atoms with Crippen LogP contribution in [-0.2, 0) is 0 Å². The lowest BCUT2D eigenvalue weighted by Crippen LogP contribution is -2.15. The van der Waals surface area contributed by atoms with Crippen molar-refractivity contribution in [1.82, 2.24) is 9.13 Å². The van der Waals surface area contributed by atoms with Gasteiger partial charge in [0.15, 0.2) is 5.58 Å². The maximum atomic E-state index is 11.5. The number of rotatable bonds is 9. The van der Waals surface area contributed by atoms with Crippen molar-refractivity contribution in [2.45, 2.75) is 25.7 Å². The summed E-state index contributed by atoms with van der Waals surface area (Å²) in [6.07, 6.45) is 0. The van der Waals surface area contributed by atoms with Gasteiger partial charge in [0.2, 0.25) is 5.71 Å². The molecule has 0 saturated carbocycles. The predicted molar refractivity (Wildman–Crippen MR) is 363 cm³/mol. The Bertz CT molecular complexity index is 6640. The van der Waals surface area contributed by atoms with Crippen LogP contribution in [0.1, 0.15) is 134 Å². The van der Waals surface area contributed by atoms with Gasteiger partial charge in [-0.25, -0.2) is 0 Å². The summed E-state index contributed by atoms with van der Waals surface area (Å²) in [6.45, 7) is 3.33. The van der Waals surface area contributed by atoms with Crippen molar-refractivity contribution in [1.29, 1.82) is 73.7 Å². The molecular weight excluding hydrogens is 1240 g/mol. The van der Waals surface area contributed by atoms with Gasteiger partial charge < -0.3 is 13.4 Å². The molecule has 0 aliphatic rings. The Balaban J connectivity index is 1.03. The lowest BCUT2D eigenvalue weighted by molar-refractivity contribution is 0.645. The van der Waals surface area contributed by atoms with E-state index in [1.807, 2.05) is 60.7 Å². The standard InChI is InChI=1S/C82H34N16O2/c1-43-17-45(29-83)18-51(32-86)70(43)75(73-52(33-87)19-46(30-84)20-53(73)34-88)49-23-58(39-93)78(59(24-49)40-94)97-67-16-15-48(28-65(67)81-80(97)64-11-5-8-14-69(64)99-81)71-44(2)72(57(38-92)27-56(71)37-91)76(74-54(35-89)21-47(31-85)22-55(74)36-90)50-25-60(41-95)79(61(26-50)42-96)98-66-12-6-3-9-62(66)77-63-10-4-7-13-68(63)100-82(77)98/h3-28,75-76H,1-2H3. The van der Waals surface area contributed by atoms with Gasteiger partial charge in [-0.3, -0.25) is 4.57 Å².